The topological polar surface area (TPSA) is 32.3 Å². The van der Waals surface area contributed by atoms with Crippen molar-refractivity contribution in [1.29, 1.82) is 0 Å². The summed E-state index contributed by atoms with van der Waals surface area (Å²) in [7, 11) is 0. The second-order valence-electron chi connectivity index (χ2n) is 6.13. The van der Waals surface area contributed by atoms with Crippen LogP contribution in [0.15, 0.2) is 0 Å². The molecule has 2 rings (SSSR count). The largest absolute Gasteiger partial charge is 0.396 e. The Hall–Kier alpha value is -0.0800. The molecule has 2 aliphatic carbocycles. The second-order valence-corrected chi connectivity index (χ2v) is 6.13. The van der Waals surface area contributed by atoms with Crippen molar-refractivity contribution in [3.63, 3.8) is 0 Å². The van der Waals surface area contributed by atoms with Crippen molar-refractivity contribution in [3.05, 3.63) is 0 Å². The summed E-state index contributed by atoms with van der Waals surface area (Å²) in [4.78, 5) is 0. The molecule has 2 saturated carbocycles. The first kappa shape index (κ1) is 13.4. The molecular weight excluding hydrogens is 210 g/mol. The summed E-state index contributed by atoms with van der Waals surface area (Å²) in [5.41, 5.74) is 0. The molecule has 2 fully saturated rings. The van der Waals surface area contributed by atoms with E-state index in [9.17, 15) is 5.11 Å². The Morgan fingerprint density at radius 1 is 1.00 bits per heavy atom. The highest BCUT2D eigenvalue weighted by Gasteiger charge is 2.28. The van der Waals surface area contributed by atoms with Gasteiger partial charge in [0, 0.05) is 18.7 Å². The highest BCUT2D eigenvalue weighted by Crippen LogP contribution is 2.29. The molecule has 2 unspecified atom stereocenters. The lowest BCUT2D eigenvalue weighted by Gasteiger charge is -2.37. The normalized spacial score (nSPS) is 39.2. The van der Waals surface area contributed by atoms with Crippen molar-refractivity contribution in [1.82, 2.24) is 5.32 Å². The van der Waals surface area contributed by atoms with E-state index in [-0.39, 0.29) is 0 Å². The molecule has 2 aliphatic rings. The average Bonchev–Trinajstić information content (AvgIpc) is 2.40. The lowest BCUT2D eigenvalue weighted by molar-refractivity contribution is 0.136. The summed E-state index contributed by atoms with van der Waals surface area (Å²) < 4.78 is 0. The molecule has 100 valence electrons. The van der Waals surface area contributed by atoms with Gasteiger partial charge in [-0.15, -0.1) is 0 Å². The van der Waals surface area contributed by atoms with Gasteiger partial charge in [-0.25, -0.2) is 0 Å². The fraction of sp³-hybridized carbons (Fsp3) is 1.00. The molecule has 0 bridgehead atoms. The number of aliphatic hydroxyl groups excluding tert-OH is 1. The van der Waals surface area contributed by atoms with Crippen LogP contribution < -0.4 is 5.32 Å². The van der Waals surface area contributed by atoms with E-state index in [4.69, 9.17) is 0 Å². The Bertz CT molecular complexity index is 211. The number of hydrogen-bond donors (Lipinski definition) is 2. The van der Waals surface area contributed by atoms with Crippen LogP contribution in [0.5, 0.6) is 0 Å². The van der Waals surface area contributed by atoms with E-state index in [0.29, 0.717) is 18.6 Å². The number of aliphatic hydroxyl groups is 1. The number of rotatable bonds is 4. The monoisotopic (exact) mass is 239 g/mol. The van der Waals surface area contributed by atoms with Gasteiger partial charge in [0.15, 0.2) is 0 Å². The Balaban J connectivity index is 1.76. The molecule has 0 radical (unpaired) electrons. The lowest BCUT2D eigenvalue weighted by atomic mass is 9.81. The quantitative estimate of drug-likeness (QED) is 0.790. The van der Waals surface area contributed by atoms with Crippen LogP contribution in [0.4, 0.5) is 0 Å². The lowest BCUT2D eigenvalue weighted by Crippen LogP contribution is -2.46. The van der Waals surface area contributed by atoms with Crippen LogP contribution in [0.1, 0.15) is 64.7 Å². The van der Waals surface area contributed by atoms with Gasteiger partial charge < -0.3 is 10.4 Å². The Labute approximate surface area is 106 Å². The molecule has 0 amide bonds. The summed E-state index contributed by atoms with van der Waals surface area (Å²) in [5, 5.41) is 13.3. The minimum atomic E-state index is 0.377. The van der Waals surface area contributed by atoms with Crippen molar-refractivity contribution in [2.75, 3.05) is 6.61 Å². The predicted octanol–water partition coefficient (Wildman–Crippen LogP) is 3.10. The molecular formula is C15H29NO. The summed E-state index contributed by atoms with van der Waals surface area (Å²) in [6.07, 6.45) is 12.0. The van der Waals surface area contributed by atoms with E-state index in [2.05, 4.69) is 12.2 Å². The van der Waals surface area contributed by atoms with Gasteiger partial charge in [-0.1, -0.05) is 26.2 Å². The first-order valence-electron chi connectivity index (χ1n) is 7.70. The van der Waals surface area contributed by atoms with Gasteiger partial charge >= 0.3 is 0 Å². The molecule has 0 heterocycles. The molecule has 0 saturated heterocycles. The predicted molar refractivity (Wildman–Crippen MR) is 72.0 cm³/mol. The number of nitrogens with one attached hydrogen (secondary N) is 1. The van der Waals surface area contributed by atoms with Crippen molar-refractivity contribution in [3.8, 4) is 0 Å². The molecule has 2 N–H and O–H groups in total. The molecule has 0 aromatic carbocycles. The molecule has 2 nitrogen and oxygen atoms in total. The molecule has 0 aliphatic heterocycles. The van der Waals surface area contributed by atoms with Gasteiger partial charge in [0.2, 0.25) is 0 Å². The third-order valence-electron chi connectivity index (χ3n) is 5.02. The summed E-state index contributed by atoms with van der Waals surface area (Å²) >= 11 is 0. The maximum Gasteiger partial charge on any atom is 0.0474 e. The van der Waals surface area contributed by atoms with Gasteiger partial charge in [-0.3, -0.25) is 0 Å². The molecule has 0 aromatic heterocycles. The Morgan fingerprint density at radius 2 is 1.71 bits per heavy atom. The highest BCUT2D eigenvalue weighted by molar-refractivity contribution is 4.85. The van der Waals surface area contributed by atoms with E-state index in [1.54, 1.807) is 0 Å². The van der Waals surface area contributed by atoms with Crippen molar-refractivity contribution < 1.29 is 5.11 Å². The van der Waals surface area contributed by atoms with E-state index in [1.165, 1.54) is 57.8 Å². The third kappa shape index (κ3) is 3.69. The van der Waals surface area contributed by atoms with Crippen molar-refractivity contribution in [2.45, 2.75) is 76.8 Å². The second kappa shape index (κ2) is 6.75. The van der Waals surface area contributed by atoms with Crippen LogP contribution in [0, 0.1) is 11.8 Å². The van der Waals surface area contributed by atoms with Crippen LogP contribution >= 0.6 is 0 Å². The molecule has 0 spiro atoms. The van der Waals surface area contributed by atoms with Crippen LogP contribution in [0.2, 0.25) is 0 Å². The summed E-state index contributed by atoms with van der Waals surface area (Å²) in [6, 6.07) is 1.33. The molecule has 2 heteroatoms. The average molecular weight is 239 g/mol. The first-order chi connectivity index (χ1) is 8.33. The maximum atomic E-state index is 9.43. The highest BCUT2D eigenvalue weighted by atomic mass is 16.3. The zero-order valence-electron chi connectivity index (χ0n) is 11.3. The maximum absolute atomic E-state index is 9.43. The first-order valence-corrected chi connectivity index (χ1v) is 7.70. The minimum Gasteiger partial charge on any atom is -0.396 e. The zero-order chi connectivity index (χ0) is 12.1. The van der Waals surface area contributed by atoms with E-state index in [0.717, 1.165) is 12.0 Å². The standard InChI is InChI=1S/C15H29NO/c1-2-12-7-9-14(10-8-12)16-15-6-4-3-5-13(15)11-17/h12-17H,2-11H2,1H3. The summed E-state index contributed by atoms with van der Waals surface area (Å²) in [5.74, 6) is 1.50. The van der Waals surface area contributed by atoms with Gasteiger partial charge in [0.05, 0.1) is 0 Å². The van der Waals surface area contributed by atoms with Crippen molar-refractivity contribution >= 4 is 0 Å². The van der Waals surface area contributed by atoms with Gasteiger partial charge in [-0.2, -0.15) is 0 Å². The van der Waals surface area contributed by atoms with Crippen molar-refractivity contribution in [2.24, 2.45) is 11.8 Å². The Morgan fingerprint density at radius 3 is 2.35 bits per heavy atom. The third-order valence-corrected chi connectivity index (χ3v) is 5.02. The molecule has 0 aromatic rings. The van der Waals surface area contributed by atoms with E-state index < -0.39 is 0 Å². The van der Waals surface area contributed by atoms with Crippen LogP contribution in [0.3, 0.4) is 0 Å². The van der Waals surface area contributed by atoms with Gasteiger partial charge in [0.25, 0.3) is 0 Å². The SMILES string of the molecule is CCC1CCC(NC2CCCCC2CO)CC1. The Kier molecular flexibility index (Phi) is 5.30. The van der Waals surface area contributed by atoms with E-state index >= 15 is 0 Å². The van der Waals surface area contributed by atoms with Gasteiger partial charge in [0.1, 0.15) is 0 Å². The smallest absolute Gasteiger partial charge is 0.0474 e. The summed E-state index contributed by atoms with van der Waals surface area (Å²) in [6.45, 7) is 2.70. The number of hydrogen-bond acceptors (Lipinski definition) is 2. The fourth-order valence-corrected chi connectivity index (χ4v) is 3.69. The van der Waals surface area contributed by atoms with Crippen LogP contribution in [-0.2, 0) is 0 Å². The van der Waals surface area contributed by atoms with Gasteiger partial charge in [-0.05, 0) is 50.4 Å². The minimum absolute atomic E-state index is 0.377. The fourth-order valence-electron chi connectivity index (χ4n) is 3.69. The van der Waals surface area contributed by atoms with Crippen LogP contribution in [-0.4, -0.2) is 23.8 Å². The zero-order valence-corrected chi connectivity index (χ0v) is 11.3. The van der Waals surface area contributed by atoms with Crippen LogP contribution in [0.25, 0.3) is 0 Å². The molecule has 2 atom stereocenters. The molecule has 17 heavy (non-hydrogen) atoms. The van der Waals surface area contributed by atoms with E-state index in [1.807, 2.05) is 0 Å².